The molecule has 1 aromatic rings. The van der Waals surface area contributed by atoms with E-state index in [2.05, 4.69) is 11.7 Å². The quantitative estimate of drug-likeness (QED) is 0.709. The Kier molecular flexibility index (Phi) is 5.69. The lowest BCUT2D eigenvalue weighted by molar-refractivity contribution is 0.156. The highest BCUT2D eigenvalue weighted by Gasteiger charge is 2.28. The van der Waals surface area contributed by atoms with Gasteiger partial charge < -0.3 is 4.90 Å². The van der Waals surface area contributed by atoms with Crippen molar-refractivity contribution in [2.45, 2.75) is 18.0 Å². The lowest BCUT2D eigenvalue weighted by Gasteiger charge is -2.22. The average molecular weight is 370 g/mol. The summed E-state index contributed by atoms with van der Waals surface area (Å²) in [6, 6.07) is 6.18. The first-order chi connectivity index (χ1) is 11.6. The van der Waals surface area contributed by atoms with E-state index < -0.39 is 22.9 Å². The smallest absolute Gasteiger partial charge is 0.297 e. The molecule has 0 spiro atoms. The molecule has 0 saturated heterocycles. The van der Waals surface area contributed by atoms with Crippen LogP contribution in [0.3, 0.4) is 0 Å². The Morgan fingerprint density at radius 3 is 2.44 bits per heavy atom. The standard InChI is InChI=1S/C16H23FN4O3S/c1-12-6-8-15(9-7-12)25(22,23)24-11-14(17)10-21-13(2)20(5)16(18-21)19(3)4/h6-9,14H,2,10-11H2,1,3-5H3. The van der Waals surface area contributed by atoms with E-state index >= 15 is 0 Å². The summed E-state index contributed by atoms with van der Waals surface area (Å²) in [6.07, 6.45) is -1.55. The van der Waals surface area contributed by atoms with Gasteiger partial charge in [0.1, 0.15) is 12.0 Å². The summed E-state index contributed by atoms with van der Waals surface area (Å²) in [7, 11) is 1.41. The monoisotopic (exact) mass is 370 g/mol. The number of hydrogen-bond acceptors (Lipinski definition) is 7. The van der Waals surface area contributed by atoms with E-state index in [9.17, 15) is 12.8 Å². The summed E-state index contributed by atoms with van der Waals surface area (Å²) < 4.78 is 43.2. The molecule has 2 rings (SSSR count). The Bertz CT molecular complexity index is 762. The van der Waals surface area contributed by atoms with Gasteiger partial charge in [-0.2, -0.15) is 8.42 Å². The van der Waals surface area contributed by atoms with Crippen molar-refractivity contribution in [3.05, 3.63) is 42.2 Å². The number of hydrazone groups is 1. The zero-order chi connectivity index (χ0) is 18.8. The average Bonchev–Trinajstić information content (AvgIpc) is 2.82. The van der Waals surface area contributed by atoms with Crippen molar-refractivity contribution >= 4 is 16.1 Å². The van der Waals surface area contributed by atoms with Crippen LogP contribution >= 0.6 is 0 Å². The highest BCUT2D eigenvalue weighted by Crippen LogP contribution is 2.19. The van der Waals surface area contributed by atoms with Gasteiger partial charge in [0, 0.05) is 21.1 Å². The van der Waals surface area contributed by atoms with Crippen LogP contribution in [-0.4, -0.2) is 69.7 Å². The molecule has 1 aliphatic heterocycles. The van der Waals surface area contributed by atoms with Gasteiger partial charge in [-0.1, -0.05) is 24.3 Å². The first-order valence-electron chi connectivity index (χ1n) is 7.68. The van der Waals surface area contributed by atoms with Crippen LogP contribution in [0.4, 0.5) is 4.39 Å². The van der Waals surface area contributed by atoms with E-state index in [0.717, 1.165) is 5.56 Å². The van der Waals surface area contributed by atoms with E-state index in [1.54, 1.807) is 29.0 Å². The zero-order valence-corrected chi connectivity index (χ0v) is 15.6. The number of hydrogen-bond donors (Lipinski definition) is 0. The van der Waals surface area contributed by atoms with Gasteiger partial charge in [0.2, 0.25) is 5.96 Å². The summed E-state index contributed by atoms with van der Waals surface area (Å²) in [5.41, 5.74) is 0.925. The molecule has 0 aliphatic carbocycles. The van der Waals surface area contributed by atoms with E-state index in [1.165, 1.54) is 17.1 Å². The third kappa shape index (κ3) is 4.49. The number of nitrogens with zero attached hydrogens (tertiary/aromatic N) is 4. The highest BCUT2D eigenvalue weighted by molar-refractivity contribution is 7.86. The third-order valence-electron chi connectivity index (χ3n) is 3.68. The summed E-state index contributed by atoms with van der Waals surface area (Å²) in [4.78, 5) is 3.50. The molecule has 1 atom stereocenters. The fraction of sp³-hybridized carbons (Fsp3) is 0.438. The summed E-state index contributed by atoms with van der Waals surface area (Å²) in [6.45, 7) is 4.96. The van der Waals surface area contributed by atoms with Gasteiger partial charge in [-0.3, -0.25) is 9.08 Å². The second-order valence-corrected chi connectivity index (χ2v) is 7.62. The zero-order valence-electron chi connectivity index (χ0n) is 14.8. The molecule has 25 heavy (non-hydrogen) atoms. The van der Waals surface area contributed by atoms with Crippen LogP contribution in [0.25, 0.3) is 0 Å². The maximum absolute atomic E-state index is 14.2. The van der Waals surface area contributed by atoms with Crippen LogP contribution in [0.15, 0.2) is 46.7 Å². The Balaban J connectivity index is 1.95. The molecule has 0 radical (unpaired) electrons. The van der Waals surface area contributed by atoms with Crippen LogP contribution in [-0.2, 0) is 14.3 Å². The van der Waals surface area contributed by atoms with Gasteiger partial charge in [-0.05, 0) is 19.1 Å². The molecule has 0 bridgehead atoms. The second kappa shape index (κ2) is 7.40. The van der Waals surface area contributed by atoms with Crippen molar-refractivity contribution < 1.29 is 17.0 Å². The molecule has 138 valence electrons. The Hall–Kier alpha value is -2.13. The van der Waals surface area contributed by atoms with Gasteiger partial charge in [-0.25, -0.2) is 9.40 Å². The fourth-order valence-corrected chi connectivity index (χ4v) is 3.17. The molecule has 7 nitrogen and oxygen atoms in total. The molecule has 0 amide bonds. The van der Waals surface area contributed by atoms with Crippen molar-refractivity contribution in [2.24, 2.45) is 5.10 Å². The van der Waals surface area contributed by atoms with Gasteiger partial charge in [-0.15, -0.1) is 5.10 Å². The molecule has 0 aromatic heterocycles. The molecule has 0 saturated carbocycles. The van der Waals surface area contributed by atoms with Crippen molar-refractivity contribution in [3.8, 4) is 0 Å². The molecule has 9 heteroatoms. The minimum atomic E-state index is -3.99. The molecular weight excluding hydrogens is 347 g/mol. The number of alkyl halides is 1. The topological polar surface area (TPSA) is 65.5 Å². The highest BCUT2D eigenvalue weighted by atomic mass is 32.2. The molecule has 1 aliphatic rings. The van der Waals surface area contributed by atoms with Crippen molar-refractivity contribution in [2.75, 3.05) is 34.3 Å². The van der Waals surface area contributed by atoms with Gasteiger partial charge in [0.15, 0.2) is 0 Å². The van der Waals surface area contributed by atoms with E-state index in [1.807, 2.05) is 21.0 Å². The molecule has 0 fully saturated rings. The number of halogens is 1. The Labute approximate surface area is 148 Å². The lowest BCUT2D eigenvalue weighted by atomic mass is 10.2. The third-order valence-corrected chi connectivity index (χ3v) is 4.98. The van der Waals surface area contributed by atoms with Crippen LogP contribution < -0.4 is 0 Å². The maximum atomic E-state index is 14.2. The predicted octanol–water partition coefficient (Wildman–Crippen LogP) is 1.59. The predicted molar refractivity (Wildman–Crippen MR) is 93.9 cm³/mol. The van der Waals surface area contributed by atoms with E-state index in [-0.39, 0.29) is 11.4 Å². The Morgan fingerprint density at radius 2 is 1.92 bits per heavy atom. The molecule has 1 aromatic carbocycles. The van der Waals surface area contributed by atoms with Crippen molar-refractivity contribution in [1.29, 1.82) is 0 Å². The molecule has 1 unspecified atom stereocenters. The SMILES string of the molecule is C=C1N(CC(F)COS(=O)(=O)c2ccc(C)cc2)N=C(N(C)C)N1C. The normalized spacial score (nSPS) is 16.2. The number of aryl methyl sites for hydroxylation is 1. The first-order valence-corrected chi connectivity index (χ1v) is 9.09. The first kappa shape index (κ1) is 19.2. The van der Waals surface area contributed by atoms with E-state index in [0.29, 0.717) is 11.8 Å². The fourth-order valence-electron chi connectivity index (χ4n) is 2.23. The lowest BCUT2D eigenvalue weighted by Crippen LogP contribution is -2.34. The van der Waals surface area contributed by atoms with Crippen LogP contribution in [0.1, 0.15) is 5.56 Å². The van der Waals surface area contributed by atoms with Crippen LogP contribution in [0, 0.1) is 6.92 Å². The summed E-state index contributed by atoms with van der Waals surface area (Å²) in [5.74, 6) is 1.12. The maximum Gasteiger partial charge on any atom is 0.297 e. The molecule has 1 heterocycles. The van der Waals surface area contributed by atoms with Gasteiger partial charge >= 0.3 is 0 Å². The molecular formula is C16H23FN4O3S. The summed E-state index contributed by atoms with van der Waals surface area (Å²) >= 11 is 0. The number of benzene rings is 1. The van der Waals surface area contributed by atoms with Gasteiger partial charge in [0.25, 0.3) is 10.1 Å². The minimum absolute atomic E-state index is 0.00327. The minimum Gasteiger partial charge on any atom is -0.347 e. The van der Waals surface area contributed by atoms with Crippen LogP contribution in [0.2, 0.25) is 0 Å². The molecule has 0 N–H and O–H groups in total. The summed E-state index contributed by atoms with van der Waals surface area (Å²) in [5, 5.41) is 5.65. The number of guanidine groups is 1. The Morgan fingerprint density at radius 1 is 1.32 bits per heavy atom. The van der Waals surface area contributed by atoms with Crippen molar-refractivity contribution in [1.82, 2.24) is 14.8 Å². The van der Waals surface area contributed by atoms with E-state index in [4.69, 9.17) is 4.18 Å². The van der Waals surface area contributed by atoms with Crippen molar-refractivity contribution in [3.63, 3.8) is 0 Å². The second-order valence-electron chi connectivity index (χ2n) is 6.00. The largest absolute Gasteiger partial charge is 0.347 e. The number of rotatable bonds is 6. The van der Waals surface area contributed by atoms with Crippen LogP contribution in [0.5, 0.6) is 0 Å². The van der Waals surface area contributed by atoms with Gasteiger partial charge in [0.05, 0.1) is 18.0 Å².